The molecule has 0 aromatic heterocycles. The van der Waals surface area contributed by atoms with Crippen LogP contribution in [0.5, 0.6) is 0 Å². The Labute approximate surface area is 509 Å². The molecule has 0 atom stereocenters. The molecule has 2 aliphatic heterocycles. The van der Waals surface area contributed by atoms with Crippen molar-refractivity contribution in [3.05, 3.63) is 237 Å². The third kappa shape index (κ3) is 8.34. The lowest BCUT2D eigenvalue weighted by Gasteiger charge is -2.47. The zero-order valence-electron chi connectivity index (χ0n) is 54.0. The Kier molecular flexibility index (Phi) is 11.9. The fraction of sp³-hybridized carbons (Fsp3) is 0.333. The maximum absolute atomic E-state index is 2.76. The van der Waals surface area contributed by atoms with E-state index in [-0.39, 0.29) is 44.6 Å². The Morgan fingerprint density at radius 3 is 1.45 bits per heavy atom. The summed E-state index contributed by atoms with van der Waals surface area (Å²) in [6.07, 6.45) is 1.96. The molecule has 3 nitrogen and oxygen atoms in total. The van der Waals surface area contributed by atoms with Crippen molar-refractivity contribution in [2.75, 3.05) is 14.7 Å². The van der Waals surface area contributed by atoms with Gasteiger partial charge in [-0.05, 0) is 195 Å². The van der Waals surface area contributed by atoms with Crippen molar-refractivity contribution in [3.8, 4) is 11.1 Å². The molecule has 2 heterocycles. The van der Waals surface area contributed by atoms with Crippen LogP contribution in [0.15, 0.2) is 170 Å². The van der Waals surface area contributed by atoms with E-state index in [0.717, 1.165) is 29.9 Å². The van der Waals surface area contributed by atoms with E-state index in [1.54, 1.807) is 0 Å². The molecule has 0 unspecified atom stereocenters. The van der Waals surface area contributed by atoms with Gasteiger partial charge in [-0.15, -0.1) is 0 Å². The lowest BCUT2D eigenvalue weighted by atomic mass is 9.33. The fourth-order valence-electron chi connectivity index (χ4n) is 16.4. The standard InChI is InChI=1S/C81H86BN3/c1-49-40-64-65(81(17,18)61-28-22-21-27-60(61)80(64,15)16)47-70(49)85-71-46-63-62(78(11,12)48-79(63,13)14)45-67(71)82-66-42-53(77(8,9)10)34-39-69(66)84(68-29-23-26-58-57-25-20-19-24-50(57)41-59(58)68)72-43-56(44-73(85)74(72)82)83(54-35-30-51(31-36-54)75(2,3)4)55-37-32-52(33-38-55)76(5,6)7/h19-40,42-47H,41,48H2,1-18H3. The van der Waals surface area contributed by atoms with Crippen LogP contribution in [0.4, 0.5) is 51.2 Å². The van der Waals surface area contributed by atoms with Gasteiger partial charge in [-0.2, -0.15) is 0 Å². The molecule has 5 aliphatic rings. The molecule has 0 bridgehead atoms. The van der Waals surface area contributed by atoms with Crippen molar-refractivity contribution in [3.63, 3.8) is 0 Å². The molecule has 0 saturated heterocycles. The average molecular weight is 1110 g/mol. The number of rotatable bonds is 5. The Hall–Kier alpha value is -7.56. The molecule has 0 N–H and O–H groups in total. The van der Waals surface area contributed by atoms with Crippen LogP contribution in [-0.4, -0.2) is 6.71 Å². The van der Waals surface area contributed by atoms with Gasteiger partial charge in [0.15, 0.2) is 0 Å². The van der Waals surface area contributed by atoms with Crippen molar-refractivity contribution in [1.29, 1.82) is 0 Å². The maximum atomic E-state index is 2.76. The monoisotopic (exact) mass is 1110 g/mol. The van der Waals surface area contributed by atoms with E-state index in [1.807, 2.05) is 0 Å². The zero-order valence-corrected chi connectivity index (χ0v) is 54.0. The van der Waals surface area contributed by atoms with Crippen molar-refractivity contribution in [2.24, 2.45) is 0 Å². The van der Waals surface area contributed by atoms with E-state index < -0.39 is 0 Å². The van der Waals surface area contributed by atoms with Gasteiger partial charge in [-0.3, -0.25) is 0 Å². The Morgan fingerprint density at radius 1 is 0.388 bits per heavy atom. The summed E-state index contributed by atoms with van der Waals surface area (Å²) >= 11 is 0. The second-order valence-corrected chi connectivity index (χ2v) is 31.5. The van der Waals surface area contributed by atoms with E-state index in [4.69, 9.17) is 0 Å². The summed E-state index contributed by atoms with van der Waals surface area (Å²) in [4.78, 5) is 8.03. The normalized spacial score (nSPS) is 17.0. The predicted molar refractivity (Wildman–Crippen MR) is 366 cm³/mol. The van der Waals surface area contributed by atoms with Crippen LogP contribution in [0.2, 0.25) is 0 Å². The molecule has 0 fully saturated rings. The summed E-state index contributed by atoms with van der Waals surface area (Å²) in [6.45, 7) is 43.2. The van der Waals surface area contributed by atoms with Gasteiger partial charge in [-0.25, -0.2) is 0 Å². The molecule has 3 aliphatic carbocycles. The minimum Gasteiger partial charge on any atom is -0.311 e. The summed E-state index contributed by atoms with van der Waals surface area (Å²) in [5.41, 5.74) is 33.7. The van der Waals surface area contributed by atoms with E-state index >= 15 is 0 Å². The van der Waals surface area contributed by atoms with Gasteiger partial charge in [0.05, 0.1) is 11.4 Å². The van der Waals surface area contributed by atoms with Gasteiger partial charge >= 0.3 is 0 Å². The van der Waals surface area contributed by atoms with Gasteiger partial charge in [0.1, 0.15) is 0 Å². The molecule has 428 valence electrons. The number of benzene rings is 9. The summed E-state index contributed by atoms with van der Waals surface area (Å²) in [5.74, 6) is 0. The molecule has 14 rings (SSSR count). The topological polar surface area (TPSA) is 9.72 Å². The summed E-state index contributed by atoms with van der Waals surface area (Å²) in [6, 6.07) is 67.6. The Morgan fingerprint density at radius 2 is 0.871 bits per heavy atom. The number of hydrogen-bond donors (Lipinski definition) is 0. The number of nitrogens with zero attached hydrogens (tertiary/aromatic N) is 3. The highest BCUT2D eigenvalue weighted by Gasteiger charge is 2.50. The molecular weight excluding hydrogens is 1030 g/mol. The van der Waals surface area contributed by atoms with Gasteiger partial charge in [0.25, 0.3) is 6.71 Å². The Balaban J connectivity index is 1.14. The summed E-state index contributed by atoms with van der Waals surface area (Å²) in [5, 5.41) is 0. The quantitative estimate of drug-likeness (QED) is 0.159. The smallest absolute Gasteiger partial charge is 0.252 e. The van der Waals surface area contributed by atoms with E-state index in [9.17, 15) is 0 Å². The Bertz CT molecular complexity index is 4200. The molecular formula is C81H86BN3. The zero-order chi connectivity index (χ0) is 60.0. The number of fused-ring (bicyclic) bond motifs is 10. The van der Waals surface area contributed by atoms with Gasteiger partial charge in [0, 0.05) is 57.1 Å². The molecule has 0 amide bonds. The SMILES string of the molecule is Cc1cc2c(cc1N1c3cc4c(cc3B3c5cc(C(C)(C)C)ccc5N(c5cccc6c5Cc5ccccc5-6)c5cc(N(c6ccc(C(C)(C)C)cc6)c6ccc(C(C)(C)C)cc6)cc1c53)C(C)(C)CC4(C)C)C(C)(C)c1ccccc1C2(C)C. The lowest BCUT2D eigenvalue weighted by Crippen LogP contribution is -2.62. The minimum absolute atomic E-state index is 0.00445. The summed E-state index contributed by atoms with van der Waals surface area (Å²) in [7, 11) is 0. The van der Waals surface area contributed by atoms with Crippen molar-refractivity contribution < 1.29 is 0 Å². The first-order valence-corrected chi connectivity index (χ1v) is 31.5. The second kappa shape index (κ2) is 18.2. The second-order valence-electron chi connectivity index (χ2n) is 31.5. The number of aryl methyl sites for hydroxylation is 1. The fourth-order valence-corrected chi connectivity index (χ4v) is 16.4. The van der Waals surface area contributed by atoms with Crippen LogP contribution in [-0.2, 0) is 44.3 Å². The highest BCUT2D eigenvalue weighted by atomic mass is 15.2. The first-order valence-electron chi connectivity index (χ1n) is 31.5. The first-order chi connectivity index (χ1) is 39.9. The summed E-state index contributed by atoms with van der Waals surface area (Å²) < 4.78 is 0. The number of anilines is 9. The van der Waals surface area contributed by atoms with Crippen LogP contribution in [0.25, 0.3) is 11.1 Å². The third-order valence-corrected chi connectivity index (χ3v) is 20.9. The van der Waals surface area contributed by atoms with Crippen molar-refractivity contribution in [2.45, 2.75) is 175 Å². The van der Waals surface area contributed by atoms with Crippen LogP contribution < -0.4 is 31.1 Å². The maximum Gasteiger partial charge on any atom is 0.252 e. The van der Waals surface area contributed by atoms with Crippen LogP contribution in [0, 0.1) is 6.92 Å². The minimum atomic E-state index is -0.254. The van der Waals surface area contributed by atoms with Gasteiger partial charge in [0.2, 0.25) is 0 Å². The van der Waals surface area contributed by atoms with E-state index in [1.165, 1.54) is 128 Å². The van der Waals surface area contributed by atoms with Crippen LogP contribution in [0.1, 0.15) is 191 Å². The first kappa shape index (κ1) is 55.3. The largest absolute Gasteiger partial charge is 0.311 e. The highest BCUT2D eigenvalue weighted by Crippen LogP contribution is 2.57. The van der Waals surface area contributed by atoms with Gasteiger partial charge in [-0.1, -0.05) is 227 Å². The van der Waals surface area contributed by atoms with Crippen LogP contribution in [0.3, 0.4) is 0 Å². The average Bonchev–Trinajstić information content (AvgIpc) is 1.44. The van der Waals surface area contributed by atoms with Crippen LogP contribution >= 0.6 is 0 Å². The van der Waals surface area contributed by atoms with Crippen molar-refractivity contribution >= 4 is 74.3 Å². The molecule has 0 saturated carbocycles. The van der Waals surface area contributed by atoms with E-state index in [0.29, 0.717) is 0 Å². The van der Waals surface area contributed by atoms with E-state index in [2.05, 4.69) is 309 Å². The molecule has 4 heteroatoms. The highest BCUT2D eigenvalue weighted by molar-refractivity contribution is 7.00. The molecule has 85 heavy (non-hydrogen) atoms. The predicted octanol–water partition coefficient (Wildman–Crippen LogP) is 19.9. The molecule has 9 aromatic rings. The molecule has 0 spiro atoms. The van der Waals surface area contributed by atoms with Crippen molar-refractivity contribution in [1.82, 2.24) is 0 Å². The molecule has 0 radical (unpaired) electrons. The molecule has 9 aromatic carbocycles. The van der Waals surface area contributed by atoms with Gasteiger partial charge < -0.3 is 14.7 Å². The third-order valence-electron chi connectivity index (χ3n) is 20.9. The lowest BCUT2D eigenvalue weighted by molar-refractivity contribution is 0.403. The number of hydrogen-bond acceptors (Lipinski definition) is 3.